The van der Waals surface area contributed by atoms with Crippen LogP contribution in [0.3, 0.4) is 0 Å². The Labute approximate surface area is 339 Å². The van der Waals surface area contributed by atoms with E-state index in [1.165, 1.54) is 0 Å². The summed E-state index contributed by atoms with van der Waals surface area (Å²) in [5.74, 6) is 0.653. The van der Waals surface area contributed by atoms with Gasteiger partial charge < -0.3 is 38.5 Å². The van der Waals surface area contributed by atoms with Crippen LogP contribution in [0, 0.1) is 56.7 Å². The highest BCUT2D eigenvalue weighted by atomic mass is 16.7. The normalized spacial score (nSPS) is 50.1. The Morgan fingerprint density at radius 1 is 1.02 bits per heavy atom. The van der Waals surface area contributed by atoms with Crippen molar-refractivity contribution in [3.05, 3.63) is 48.1 Å². The van der Waals surface area contributed by atoms with Crippen LogP contribution in [0.5, 0.6) is 0 Å². The Hall–Kier alpha value is -3.03. The summed E-state index contributed by atoms with van der Waals surface area (Å²) in [6, 6.07) is 2.44. The molecule has 12 nitrogen and oxygen atoms in total. The number of carbonyl (C=O) groups is 3. The average Bonchev–Trinajstić information content (AvgIpc) is 3.54. The summed E-state index contributed by atoms with van der Waals surface area (Å²) in [7, 11) is 0. The van der Waals surface area contributed by atoms with Gasteiger partial charge in [0.1, 0.15) is 30.2 Å². The zero-order valence-electron chi connectivity index (χ0n) is 34.0. The number of hydrogen-bond acceptors (Lipinski definition) is 12. The average molecular weight is 799 g/mol. The van der Waals surface area contributed by atoms with Gasteiger partial charge in [0.05, 0.1) is 40.9 Å². The molecule has 58 heavy (non-hydrogen) atoms. The van der Waals surface area contributed by atoms with E-state index >= 15 is 4.79 Å². The van der Waals surface area contributed by atoms with Gasteiger partial charge in [0.25, 0.3) is 0 Å². The fourth-order valence-corrected chi connectivity index (χ4v) is 16.9. The monoisotopic (exact) mass is 798 g/mol. The topological polar surface area (TPSA) is 160 Å². The Kier molecular flexibility index (Phi) is 7.40. The highest BCUT2D eigenvalue weighted by Crippen LogP contribution is 2.85. The number of nitrogens with zero attached hydrogens (tertiary/aromatic N) is 1. The molecule has 6 aliphatic heterocycles. The minimum atomic E-state index is -1.45. The van der Waals surface area contributed by atoms with Gasteiger partial charge in [0.15, 0.2) is 11.9 Å². The molecule has 9 fully saturated rings. The first kappa shape index (κ1) is 36.8. The molecule has 12 aliphatic rings. The van der Waals surface area contributed by atoms with Gasteiger partial charge in [0, 0.05) is 42.0 Å². The van der Waals surface area contributed by atoms with Crippen LogP contribution in [0.2, 0.25) is 0 Å². The lowest BCUT2D eigenvalue weighted by Crippen LogP contribution is -2.80. The van der Waals surface area contributed by atoms with Gasteiger partial charge in [-0.05, 0) is 107 Å². The van der Waals surface area contributed by atoms with Crippen molar-refractivity contribution in [1.29, 1.82) is 0 Å². The molecule has 6 aliphatic carbocycles. The first-order chi connectivity index (χ1) is 27.9. The maximum Gasteiger partial charge on any atom is 0.339 e. The van der Waals surface area contributed by atoms with E-state index in [2.05, 4.69) is 29.4 Å². The van der Waals surface area contributed by atoms with E-state index < -0.39 is 68.7 Å². The van der Waals surface area contributed by atoms with Crippen LogP contribution in [-0.2, 0) is 39.8 Å². The number of cyclic esters (lactones) is 2. The summed E-state index contributed by atoms with van der Waals surface area (Å²) in [6.45, 7) is 7.98. The van der Waals surface area contributed by atoms with Crippen molar-refractivity contribution >= 4 is 17.7 Å². The van der Waals surface area contributed by atoms with Gasteiger partial charge in [-0.15, -0.1) is 0 Å². The maximum atomic E-state index is 15.5. The van der Waals surface area contributed by atoms with Crippen molar-refractivity contribution in [2.45, 2.75) is 133 Å². The SMILES string of the molecule is CC1(C)OC2C3(CCCC3)C(=O)OCC23C2CCC4(C)C(c5ccoc5CC(CO)C5CCC6C(C=CN7CNCC67)C5)OC(=O)C5OC54C24CC=CC13C(=O)C4O. The number of nitrogens with one attached hydrogen (secondary N) is 1. The number of furan rings is 1. The summed E-state index contributed by atoms with van der Waals surface area (Å²) in [4.78, 5) is 46.2. The third-order valence-electron chi connectivity index (χ3n) is 19.2. The van der Waals surface area contributed by atoms with Gasteiger partial charge in [-0.2, -0.15) is 0 Å². The van der Waals surface area contributed by atoms with Gasteiger partial charge >= 0.3 is 11.9 Å². The van der Waals surface area contributed by atoms with Crippen molar-refractivity contribution in [1.82, 2.24) is 10.2 Å². The molecule has 5 saturated heterocycles. The molecule has 3 N–H and O–H groups in total. The Morgan fingerprint density at radius 2 is 1.84 bits per heavy atom. The van der Waals surface area contributed by atoms with Gasteiger partial charge in [-0.1, -0.05) is 38.0 Å². The number of ether oxygens (including phenoxy) is 4. The van der Waals surface area contributed by atoms with Crippen LogP contribution in [-0.4, -0.2) is 94.8 Å². The quantitative estimate of drug-likeness (QED) is 0.218. The molecule has 13 rings (SSSR count). The number of carbonyl (C=O) groups excluding carboxylic acids is 3. The number of ketones is 1. The van der Waals surface area contributed by atoms with E-state index in [9.17, 15) is 19.8 Å². The van der Waals surface area contributed by atoms with Crippen LogP contribution < -0.4 is 5.32 Å². The molecule has 1 aromatic rings. The number of fused-ring (bicyclic) bond motifs is 6. The molecule has 7 heterocycles. The van der Waals surface area contributed by atoms with Crippen molar-refractivity contribution in [3.63, 3.8) is 0 Å². The van der Waals surface area contributed by atoms with E-state index in [0.29, 0.717) is 68.1 Å². The molecule has 312 valence electrons. The zero-order valence-corrected chi connectivity index (χ0v) is 34.0. The highest BCUT2D eigenvalue weighted by Gasteiger charge is 2.95. The minimum absolute atomic E-state index is 0.0189. The zero-order chi connectivity index (χ0) is 39.8. The largest absolute Gasteiger partial charge is 0.469 e. The van der Waals surface area contributed by atoms with Crippen LogP contribution in [0.1, 0.15) is 102 Å². The molecule has 0 radical (unpaired) electrons. The predicted octanol–water partition coefficient (Wildman–Crippen LogP) is 4.53. The van der Waals surface area contributed by atoms with Crippen LogP contribution in [0.25, 0.3) is 0 Å². The van der Waals surface area contributed by atoms with Gasteiger partial charge in [-0.25, -0.2) is 4.79 Å². The fraction of sp³-hybridized carbons (Fsp3) is 0.761. The lowest BCUT2D eigenvalue weighted by molar-refractivity contribution is -0.273. The molecule has 12 heteroatoms. The third-order valence-corrected chi connectivity index (χ3v) is 19.2. The second-order valence-corrected chi connectivity index (χ2v) is 21.2. The third kappa shape index (κ3) is 3.88. The highest BCUT2D eigenvalue weighted by molar-refractivity contribution is 5.98. The fourth-order valence-electron chi connectivity index (χ4n) is 16.9. The van der Waals surface area contributed by atoms with Crippen molar-refractivity contribution in [2.75, 3.05) is 26.4 Å². The molecule has 15 atom stereocenters. The molecule has 5 spiro atoms. The van der Waals surface area contributed by atoms with Gasteiger partial charge in [0.2, 0.25) is 0 Å². The molecular formula is C46H58N2O10. The minimum Gasteiger partial charge on any atom is -0.469 e. The molecule has 1 aromatic heterocycles. The van der Waals surface area contributed by atoms with Crippen LogP contribution >= 0.6 is 0 Å². The molecule has 2 bridgehead atoms. The number of epoxide rings is 1. The van der Waals surface area contributed by atoms with Crippen molar-refractivity contribution < 1.29 is 48.0 Å². The standard InChI is InChI=1S/C46H58N2O10/c1-40(2)45-15-6-14-43(33(50)34(45)51)32(44(45)23-55-39(53)42(38(44)58-40)12-4-5-13-42)9-16-41(3)35(56-37(52)36-46(41,43)57-36)29-11-18-54-31(29)20-27(22-49)25-7-8-28-26(19-25)10-17-48-24-47-21-30(28)48/h6,10-11,15,17-18,25-28,30,32-33,35-36,38,47,49-50H,4-5,7-9,12-14,16,19-24H2,1-3H3. The Morgan fingerprint density at radius 3 is 2.66 bits per heavy atom. The summed E-state index contributed by atoms with van der Waals surface area (Å²) in [6.07, 6.45) is 14.8. The smallest absolute Gasteiger partial charge is 0.339 e. The summed E-state index contributed by atoms with van der Waals surface area (Å²) >= 11 is 0. The van der Waals surface area contributed by atoms with E-state index in [0.717, 1.165) is 50.9 Å². The summed E-state index contributed by atoms with van der Waals surface area (Å²) in [5, 5.41) is 27.4. The number of aliphatic hydroxyl groups excluding tert-OH is 2. The Balaban J connectivity index is 0.923. The number of Topliss-reactive ketones (excluding diaryl/α,β-unsaturated/α-hetero) is 1. The number of esters is 2. The molecular weight excluding hydrogens is 741 g/mol. The van der Waals surface area contributed by atoms with Gasteiger partial charge in [-0.3, -0.25) is 14.9 Å². The first-order valence-electron chi connectivity index (χ1n) is 22.3. The molecule has 15 unspecified atom stereocenters. The second-order valence-electron chi connectivity index (χ2n) is 21.2. The summed E-state index contributed by atoms with van der Waals surface area (Å²) in [5.41, 5.74) is -6.65. The summed E-state index contributed by atoms with van der Waals surface area (Å²) < 4.78 is 33.1. The van der Waals surface area contributed by atoms with E-state index in [1.54, 1.807) is 6.26 Å². The molecule has 0 amide bonds. The number of rotatable bonds is 5. The van der Waals surface area contributed by atoms with Crippen molar-refractivity contribution in [3.8, 4) is 0 Å². The number of allylic oxidation sites excluding steroid dienone is 2. The Bertz CT molecular complexity index is 2040. The molecule has 4 saturated carbocycles. The lowest BCUT2D eigenvalue weighted by atomic mass is 9.32. The van der Waals surface area contributed by atoms with E-state index in [1.807, 2.05) is 32.1 Å². The number of hydrogen-bond donors (Lipinski definition) is 3. The molecule has 0 aromatic carbocycles. The second kappa shape index (κ2) is 11.7. The van der Waals surface area contributed by atoms with E-state index in [-0.39, 0.29) is 36.8 Å². The number of aliphatic hydroxyl groups is 2. The van der Waals surface area contributed by atoms with Crippen LogP contribution in [0.15, 0.2) is 41.2 Å². The van der Waals surface area contributed by atoms with Crippen molar-refractivity contribution in [2.24, 2.45) is 56.7 Å². The van der Waals surface area contributed by atoms with Crippen LogP contribution in [0.4, 0.5) is 0 Å². The predicted molar refractivity (Wildman–Crippen MR) is 205 cm³/mol. The maximum absolute atomic E-state index is 15.5. The lowest BCUT2D eigenvalue weighted by Gasteiger charge is -2.69. The van der Waals surface area contributed by atoms with E-state index in [4.69, 9.17) is 23.4 Å². The first-order valence-corrected chi connectivity index (χ1v) is 22.3.